The molecule has 0 saturated heterocycles. The maximum Gasteiger partial charge on any atom is 0.323 e. The zero-order chi connectivity index (χ0) is 13.3. The molecule has 100 valence electrons. The van der Waals surface area contributed by atoms with Gasteiger partial charge in [-0.05, 0) is 32.2 Å². The number of carboxylic acid groups (broad SMARTS) is 1. The molecule has 0 rings (SSSR count). The number of likely N-dealkylation sites (N-methyl/N-ethyl adjacent to an activating group) is 1. The summed E-state index contributed by atoms with van der Waals surface area (Å²) in [6, 6.07) is 0. The molecule has 0 aromatic rings. The molecule has 0 fully saturated rings. The summed E-state index contributed by atoms with van der Waals surface area (Å²) >= 11 is 0. The normalized spacial score (nSPS) is 12.2. The van der Waals surface area contributed by atoms with Crippen LogP contribution in [0.1, 0.15) is 39.5 Å². The molecule has 0 aromatic heterocycles. The van der Waals surface area contributed by atoms with Crippen molar-refractivity contribution in [3.05, 3.63) is 0 Å². The lowest BCUT2D eigenvalue weighted by molar-refractivity contribution is -0.144. The number of carbonyl (C=O) groups is 2. The summed E-state index contributed by atoms with van der Waals surface area (Å²) in [6.07, 6.45) is 3.15. The Morgan fingerprint density at radius 2 is 1.94 bits per heavy atom. The van der Waals surface area contributed by atoms with Gasteiger partial charge in [0, 0.05) is 13.0 Å². The molecule has 1 unspecified atom stereocenters. The number of hydrogen-bond acceptors (Lipinski definition) is 3. The van der Waals surface area contributed by atoms with E-state index in [4.69, 9.17) is 10.8 Å². The van der Waals surface area contributed by atoms with Crippen molar-refractivity contribution in [1.29, 1.82) is 0 Å². The van der Waals surface area contributed by atoms with Crippen molar-refractivity contribution in [3.63, 3.8) is 0 Å². The molecular formula is C12H24N2O3. The third kappa shape index (κ3) is 6.94. The van der Waals surface area contributed by atoms with Gasteiger partial charge in [0.25, 0.3) is 0 Å². The molecule has 0 aliphatic carbocycles. The Morgan fingerprint density at radius 3 is 2.35 bits per heavy atom. The van der Waals surface area contributed by atoms with Crippen LogP contribution in [0.2, 0.25) is 0 Å². The van der Waals surface area contributed by atoms with E-state index < -0.39 is 5.97 Å². The smallest absolute Gasteiger partial charge is 0.323 e. The van der Waals surface area contributed by atoms with E-state index in [-0.39, 0.29) is 12.5 Å². The van der Waals surface area contributed by atoms with Gasteiger partial charge >= 0.3 is 5.97 Å². The van der Waals surface area contributed by atoms with E-state index in [1.54, 1.807) is 6.92 Å². The summed E-state index contributed by atoms with van der Waals surface area (Å²) in [4.78, 5) is 23.7. The second-order valence-corrected chi connectivity index (χ2v) is 4.19. The second kappa shape index (κ2) is 8.98. The van der Waals surface area contributed by atoms with E-state index in [9.17, 15) is 9.59 Å². The summed E-state index contributed by atoms with van der Waals surface area (Å²) in [7, 11) is 0. The lowest BCUT2D eigenvalue weighted by Gasteiger charge is -2.20. The van der Waals surface area contributed by atoms with Crippen LogP contribution in [0.15, 0.2) is 0 Å². The monoisotopic (exact) mass is 244 g/mol. The van der Waals surface area contributed by atoms with Crippen molar-refractivity contribution in [2.24, 2.45) is 11.7 Å². The van der Waals surface area contributed by atoms with Crippen molar-refractivity contribution in [2.45, 2.75) is 39.5 Å². The van der Waals surface area contributed by atoms with Crippen molar-refractivity contribution in [2.75, 3.05) is 19.6 Å². The molecule has 3 N–H and O–H groups in total. The Hall–Kier alpha value is -1.10. The summed E-state index contributed by atoms with van der Waals surface area (Å²) in [6.45, 7) is 4.75. The molecule has 0 aliphatic rings. The van der Waals surface area contributed by atoms with Crippen LogP contribution in [0.5, 0.6) is 0 Å². The van der Waals surface area contributed by atoms with Gasteiger partial charge < -0.3 is 15.7 Å². The molecule has 0 saturated carbocycles. The van der Waals surface area contributed by atoms with Crippen molar-refractivity contribution in [3.8, 4) is 0 Å². The van der Waals surface area contributed by atoms with Crippen LogP contribution in [0, 0.1) is 5.92 Å². The number of aliphatic carboxylic acids is 1. The van der Waals surface area contributed by atoms with Gasteiger partial charge in [0.15, 0.2) is 0 Å². The molecule has 0 aromatic carbocycles. The lowest BCUT2D eigenvalue weighted by Crippen LogP contribution is -2.35. The highest BCUT2D eigenvalue weighted by atomic mass is 16.4. The highest BCUT2D eigenvalue weighted by Crippen LogP contribution is 2.15. The molecule has 0 aliphatic heterocycles. The maximum absolute atomic E-state index is 11.8. The Balaban J connectivity index is 4.08. The molecule has 0 heterocycles. The molecule has 0 bridgehead atoms. The van der Waals surface area contributed by atoms with Crippen LogP contribution in [-0.2, 0) is 9.59 Å². The van der Waals surface area contributed by atoms with Crippen LogP contribution in [-0.4, -0.2) is 41.5 Å². The molecule has 1 atom stereocenters. The van der Waals surface area contributed by atoms with Crippen LogP contribution in [0.4, 0.5) is 0 Å². The Bertz CT molecular complexity index is 244. The number of nitrogens with two attached hydrogens (primary N) is 1. The first-order chi connectivity index (χ1) is 8.04. The third-order valence-electron chi connectivity index (χ3n) is 2.98. The van der Waals surface area contributed by atoms with E-state index in [0.717, 1.165) is 19.3 Å². The number of amides is 1. The van der Waals surface area contributed by atoms with Gasteiger partial charge in [0.1, 0.15) is 6.54 Å². The first-order valence-corrected chi connectivity index (χ1v) is 6.24. The van der Waals surface area contributed by atoms with Crippen LogP contribution in [0.25, 0.3) is 0 Å². The fourth-order valence-corrected chi connectivity index (χ4v) is 1.81. The minimum absolute atomic E-state index is 0.0784. The van der Waals surface area contributed by atoms with Gasteiger partial charge in [0.2, 0.25) is 5.91 Å². The molecule has 5 heteroatoms. The minimum Gasteiger partial charge on any atom is -0.480 e. The van der Waals surface area contributed by atoms with Crippen molar-refractivity contribution >= 4 is 11.9 Å². The fraction of sp³-hybridized carbons (Fsp3) is 0.833. The molecule has 5 nitrogen and oxygen atoms in total. The van der Waals surface area contributed by atoms with Gasteiger partial charge in [-0.15, -0.1) is 0 Å². The number of nitrogens with zero attached hydrogens (tertiary/aromatic N) is 1. The maximum atomic E-state index is 11.8. The van der Waals surface area contributed by atoms with Gasteiger partial charge in [-0.1, -0.05) is 13.3 Å². The summed E-state index contributed by atoms with van der Waals surface area (Å²) < 4.78 is 0. The van der Waals surface area contributed by atoms with Crippen molar-refractivity contribution < 1.29 is 14.7 Å². The lowest BCUT2D eigenvalue weighted by atomic mass is 9.96. The van der Waals surface area contributed by atoms with Crippen LogP contribution < -0.4 is 5.73 Å². The largest absolute Gasteiger partial charge is 0.480 e. The summed E-state index contributed by atoms with van der Waals surface area (Å²) in [5.41, 5.74) is 5.49. The van der Waals surface area contributed by atoms with Gasteiger partial charge in [-0.3, -0.25) is 9.59 Å². The average Bonchev–Trinajstić information content (AvgIpc) is 2.30. The van der Waals surface area contributed by atoms with E-state index >= 15 is 0 Å². The highest BCUT2D eigenvalue weighted by molar-refractivity contribution is 5.81. The number of carbonyl (C=O) groups excluding carboxylic acids is 1. The molecule has 1 amide bonds. The van der Waals surface area contributed by atoms with E-state index in [1.807, 2.05) is 0 Å². The van der Waals surface area contributed by atoms with Gasteiger partial charge in [-0.25, -0.2) is 0 Å². The molecule has 0 radical (unpaired) electrons. The third-order valence-corrected chi connectivity index (χ3v) is 2.98. The standard InChI is InChI=1S/C12H24N2O3/c1-3-10(7-8-13)5-6-11(15)14(4-2)9-12(16)17/h10H,3-9,13H2,1-2H3,(H,16,17). The van der Waals surface area contributed by atoms with Crippen molar-refractivity contribution in [1.82, 2.24) is 4.90 Å². The Labute approximate surface area is 103 Å². The number of rotatable bonds is 9. The zero-order valence-electron chi connectivity index (χ0n) is 10.8. The SMILES string of the molecule is CCC(CCN)CCC(=O)N(CC)CC(=O)O. The van der Waals surface area contributed by atoms with Gasteiger partial charge in [-0.2, -0.15) is 0 Å². The van der Waals surface area contributed by atoms with E-state index in [2.05, 4.69) is 6.92 Å². The van der Waals surface area contributed by atoms with Crippen LogP contribution in [0.3, 0.4) is 0 Å². The predicted molar refractivity (Wildman–Crippen MR) is 66.6 cm³/mol. The first-order valence-electron chi connectivity index (χ1n) is 6.24. The summed E-state index contributed by atoms with van der Waals surface area (Å²) in [5, 5.41) is 8.66. The first kappa shape index (κ1) is 15.9. The highest BCUT2D eigenvalue weighted by Gasteiger charge is 2.16. The number of hydrogen-bond donors (Lipinski definition) is 2. The second-order valence-electron chi connectivity index (χ2n) is 4.19. The average molecular weight is 244 g/mol. The number of carboxylic acids is 1. The Kier molecular flexibility index (Phi) is 8.40. The van der Waals surface area contributed by atoms with E-state index in [1.165, 1.54) is 4.90 Å². The minimum atomic E-state index is -0.964. The molecular weight excluding hydrogens is 220 g/mol. The zero-order valence-corrected chi connectivity index (χ0v) is 10.8. The predicted octanol–water partition coefficient (Wildman–Crippen LogP) is 1.07. The van der Waals surface area contributed by atoms with Gasteiger partial charge in [0.05, 0.1) is 0 Å². The van der Waals surface area contributed by atoms with Crippen LogP contribution >= 0.6 is 0 Å². The molecule has 17 heavy (non-hydrogen) atoms. The van der Waals surface area contributed by atoms with E-state index in [0.29, 0.717) is 25.4 Å². The Morgan fingerprint density at radius 1 is 1.29 bits per heavy atom. The molecule has 0 spiro atoms. The fourth-order valence-electron chi connectivity index (χ4n) is 1.81. The quantitative estimate of drug-likeness (QED) is 0.635. The summed E-state index contributed by atoms with van der Waals surface area (Å²) in [5.74, 6) is -0.577. The topological polar surface area (TPSA) is 83.6 Å².